The van der Waals surface area contributed by atoms with Gasteiger partial charge < -0.3 is 5.11 Å². The summed E-state index contributed by atoms with van der Waals surface area (Å²) in [5.74, 6) is -1.31. The number of rotatable bonds is 4. The van der Waals surface area contributed by atoms with Crippen LogP contribution in [0.4, 0.5) is 4.39 Å². The van der Waals surface area contributed by atoms with Gasteiger partial charge in [-0.15, -0.1) is 0 Å². The molecule has 1 aliphatic rings. The third-order valence-corrected chi connectivity index (χ3v) is 4.54. The maximum atomic E-state index is 13.9. The van der Waals surface area contributed by atoms with Crippen LogP contribution in [-0.4, -0.2) is 29.1 Å². The van der Waals surface area contributed by atoms with E-state index in [4.69, 9.17) is 0 Å². The van der Waals surface area contributed by atoms with E-state index in [1.165, 1.54) is 6.07 Å². The van der Waals surface area contributed by atoms with Gasteiger partial charge in [0.05, 0.1) is 5.92 Å². The standard InChI is InChI=1S/C16H22FNO2/c1-11(12-7-3-5-9-14(12)17)18(2)15-10-6-4-8-13(15)16(19)20/h3,5,7,9,11,13,15H,4,6,8,10H2,1-2H3,(H,19,20). The quantitative estimate of drug-likeness (QED) is 0.917. The summed E-state index contributed by atoms with van der Waals surface area (Å²) < 4.78 is 13.9. The van der Waals surface area contributed by atoms with Crippen molar-refractivity contribution in [2.45, 2.75) is 44.7 Å². The van der Waals surface area contributed by atoms with Crippen molar-refractivity contribution in [1.29, 1.82) is 0 Å². The van der Waals surface area contributed by atoms with Crippen molar-refractivity contribution in [3.63, 3.8) is 0 Å². The molecule has 1 fully saturated rings. The van der Waals surface area contributed by atoms with Crippen molar-refractivity contribution in [3.8, 4) is 0 Å². The monoisotopic (exact) mass is 279 g/mol. The highest BCUT2D eigenvalue weighted by Crippen LogP contribution is 2.33. The number of halogens is 1. The molecule has 0 radical (unpaired) electrons. The van der Waals surface area contributed by atoms with Gasteiger partial charge in [-0.3, -0.25) is 9.69 Å². The first-order valence-electron chi connectivity index (χ1n) is 7.21. The van der Waals surface area contributed by atoms with Gasteiger partial charge in [0.2, 0.25) is 0 Å². The van der Waals surface area contributed by atoms with Crippen LogP contribution < -0.4 is 0 Å². The van der Waals surface area contributed by atoms with E-state index in [1.54, 1.807) is 12.1 Å². The number of carboxylic acids is 1. The average Bonchev–Trinajstić information content (AvgIpc) is 2.46. The van der Waals surface area contributed by atoms with Gasteiger partial charge in [-0.1, -0.05) is 31.0 Å². The molecule has 0 aromatic heterocycles. The van der Waals surface area contributed by atoms with E-state index in [0.717, 1.165) is 19.3 Å². The van der Waals surface area contributed by atoms with Gasteiger partial charge in [-0.05, 0) is 32.9 Å². The van der Waals surface area contributed by atoms with E-state index >= 15 is 0 Å². The zero-order valence-corrected chi connectivity index (χ0v) is 12.1. The van der Waals surface area contributed by atoms with Crippen molar-refractivity contribution in [3.05, 3.63) is 35.6 Å². The predicted molar refractivity (Wildman–Crippen MR) is 76.0 cm³/mol. The predicted octanol–water partition coefficient (Wildman–Crippen LogP) is 3.46. The summed E-state index contributed by atoms with van der Waals surface area (Å²) in [7, 11) is 1.91. The highest BCUT2D eigenvalue weighted by molar-refractivity contribution is 5.71. The highest BCUT2D eigenvalue weighted by atomic mass is 19.1. The number of carbonyl (C=O) groups is 1. The van der Waals surface area contributed by atoms with E-state index < -0.39 is 5.97 Å². The van der Waals surface area contributed by atoms with E-state index in [9.17, 15) is 14.3 Å². The van der Waals surface area contributed by atoms with E-state index in [1.807, 2.05) is 24.9 Å². The van der Waals surface area contributed by atoms with Crippen LogP contribution in [0, 0.1) is 11.7 Å². The van der Waals surface area contributed by atoms with Crippen LogP contribution in [0.1, 0.15) is 44.2 Å². The third-order valence-electron chi connectivity index (χ3n) is 4.54. The number of hydrogen-bond donors (Lipinski definition) is 1. The molecule has 3 unspecified atom stereocenters. The number of carboxylic acid groups (broad SMARTS) is 1. The molecule has 0 amide bonds. The van der Waals surface area contributed by atoms with Crippen molar-refractivity contribution >= 4 is 5.97 Å². The fourth-order valence-corrected chi connectivity index (χ4v) is 3.21. The van der Waals surface area contributed by atoms with Crippen molar-refractivity contribution in [2.75, 3.05) is 7.05 Å². The maximum Gasteiger partial charge on any atom is 0.308 e. The molecule has 0 spiro atoms. The second-order valence-corrected chi connectivity index (χ2v) is 5.66. The van der Waals surface area contributed by atoms with Crippen LogP contribution in [0.5, 0.6) is 0 Å². The Hall–Kier alpha value is -1.42. The minimum atomic E-state index is -0.734. The van der Waals surface area contributed by atoms with E-state index in [0.29, 0.717) is 12.0 Å². The Kier molecular flexibility index (Phi) is 4.76. The van der Waals surface area contributed by atoms with E-state index in [-0.39, 0.29) is 23.8 Å². The Morgan fingerprint density at radius 3 is 2.65 bits per heavy atom. The number of benzene rings is 1. The molecule has 3 nitrogen and oxygen atoms in total. The molecule has 110 valence electrons. The largest absolute Gasteiger partial charge is 0.481 e. The molecule has 3 atom stereocenters. The maximum absolute atomic E-state index is 13.9. The van der Waals surface area contributed by atoms with Crippen LogP contribution in [0.2, 0.25) is 0 Å². The average molecular weight is 279 g/mol. The molecular weight excluding hydrogens is 257 g/mol. The summed E-state index contributed by atoms with van der Waals surface area (Å²) in [5, 5.41) is 9.36. The van der Waals surface area contributed by atoms with Crippen molar-refractivity contribution < 1.29 is 14.3 Å². The summed E-state index contributed by atoms with van der Waals surface area (Å²) in [4.78, 5) is 13.4. The van der Waals surface area contributed by atoms with Crippen LogP contribution in [-0.2, 0) is 4.79 Å². The fraction of sp³-hybridized carbons (Fsp3) is 0.562. The molecule has 0 bridgehead atoms. The Bertz CT molecular complexity index is 477. The van der Waals surface area contributed by atoms with Crippen LogP contribution in [0.15, 0.2) is 24.3 Å². The molecule has 0 heterocycles. The zero-order valence-electron chi connectivity index (χ0n) is 12.1. The Morgan fingerprint density at radius 1 is 1.35 bits per heavy atom. The molecule has 0 saturated heterocycles. The first-order chi connectivity index (χ1) is 9.52. The topological polar surface area (TPSA) is 40.5 Å². The lowest BCUT2D eigenvalue weighted by Crippen LogP contribution is -2.44. The molecule has 20 heavy (non-hydrogen) atoms. The molecule has 1 aliphatic carbocycles. The SMILES string of the molecule is CC(c1ccccc1F)N(C)C1CCCCC1C(=O)O. The highest BCUT2D eigenvalue weighted by Gasteiger charge is 2.35. The second-order valence-electron chi connectivity index (χ2n) is 5.66. The van der Waals surface area contributed by atoms with Crippen LogP contribution in [0.3, 0.4) is 0 Å². The minimum Gasteiger partial charge on any atom is -0.481 e. The summed E-state index contributed by atoms with van der Waals surface area (Å²) in [6.45, 7) is 1.94. The second kappa shape index (κ2) is 6.35. The first-order valence-corrected chi connectivity index (χ1v) is 7.21. The van der Waals surface area contributed by atoms with Gasteiger partial charge in [-0.25, -0.2) is 4.39 Å². The first kappa shape index (κ1) is 15.0. The smallest absolute Gasteiger partial charge is 0.308 e. The Balaban J connectivity index is 2.18. The number of hydrogen-bond acceptors (Lipinski definition) is 2. The zero-order chi connectivity index (χ0) is 14.7. The lowest BCUT2D eigenvalue weighted by atomic mass is 9.83. The number of nitrogens with zero attached hydrogens (tertiary/aromatic N) is 1. The van der Waals surface area contributed by atoms with Gasteiger partial charge in [0.1, 0.15) is 5.82 Å². The summed E-state index contributed by atoms with van der Waals surface area (Å²) in [5.41, 5.74) is 0.629. The van der Waals surface area contributed by atoms with Gasteiger partial charge in [0.15, 0.2) is 0 Å². The molecule has 1 aromatic rings. The molecule has 1 saturated carbocycles. The minimum absolute atomic E-state index is 0.0177. The normalized spacial score (nSPS) is 24.6. The molecule has 1 aromatic carbocycles. The number of aliphatic carboxylic acids is 1. The van der Waals surface area contributed by atoms with Crippen molar-refractivity contribution in [1.82, 2.24) is 4.90 Å². The van der Waals surface area contributed by atoms with Crippen molar-refractivity contribution in [2.24, 2.45) is 5.92 Å². The molecule has 2 rings (SSSR count). The fourth-order valence-electron chi connectivity index (χ4n) is 3.21. The van der Waals surface area contributed by atoms with Gasteiger partial charge >= 0.3 is 5.97 Å². The van der Waals surface area contributed by atoms with Gasteiger partial charge in [0, 0.05) is 17.6 Å². The summed E-state index contributed by atoms with van der Waals surface area (Å²) >= 11 is 0. The van der Waals surface area contributed by atoms with Gasteiger partial charge in [0.25, 0.3) is 0 Å². The molecule has 4 heteroatoms. The Labute approximate surface area is 119 Å². The van der Waals surface area contributed by atoms with Gasteiger partial charge in [-0.2, -0.15) is 0 Å². The lowest BCUT2D eigenvalue weighted by molar-refractivity contribution is -0.145. The van der Waals surface area contributed by atoms with Crippen LogP contribution >= 0.6 is 0 Å². The van der Waals surface area contributed by atoms with E-state index in [2.05, 4.69) is 0 Å². The molecule has 1 N–H and O–H groups in total. The summed E-state index contributed by atoms with van der Waals surface area (Å²) in [6, 6.07) is 6.58. The lowest BCUT2D eigenvalue weighted by Gasteiger charge is -2.39. The molecule has 0 aliphatic heterocycles. The Morgan fingerprint density at radius 2 is 2.00 bits per heavy atom. The molecular formula is C16H22FNO2. The third kappa shape index (κ3) is 3.01. The van der Waals surface area contributed by atoms with Crippen LogP contribution in [0.25, 0.3) is 0 Å². The summed E-state index contributed by atoms with van der Waals surface area (Å²) in [6.07, 6.45) is 3.60.